The molecule has 2 nitrogen and oxygen atoms in total. The summed E-state index contributed by atoms with van der Waals surface area (Å²) in [6.45, 7) is 5.59. The van der Waals surface area contributed by atoms with Gasteiger partial charge in [-0.1, -0.05) is 13.8 Å². The first-order valence-corrected chi connectivity index (χ1v) is 6.39. The van der Waals surface area contributed by atoms with E-state index < -0.39 is 0 Å². The summed E-state index contributed by atoms with van der Waals surface area (Å²) in [7, 11) is 0. The number of rotatable bonds is 1. The molecule has 0 amide bonds. The van der Waals surface area contributed by atoms with Gasteiger partial charge >= 0.3 is 0 Å². The van der Waals surface area contributed by atoms with E-state index in [0.717, 1.165) is 6.42 Å². The third-order valence-electron chi connectivity index (χ3n) is 2.18. The van der Waals surface area contributed by atoms with E-state index in [0.29, 0.717) is 5.92 Å². The molecule has 0 atom stereocenters. The molecule has 2 rings (SSSR count). The lowest BCUT2D eigenvalue weighted by Gasteiger charge is -2.19. The lowest BCUT2D eigenvalue weighted by atomic mass is 10.2. The first-order valence-electron chi connectivity index (χ1n) is 4.61. The smallest absolute Gasteiger partial charge is 0.123 e. The Balaban J connectivity index is 2.36. The molecule has 1 aromatic rings. The normalized spacial score (nSPS) is 16.5. The van der Waals surface area contributed by atoms with Crippen LogP contribution in [0.15, 0.2) is 0 Å². The Labute approximate surface area is 96.9 Å². The summed E-state index contributed by atoms with van der Waals surface area (Å²) in [4.78, 5) is 4.67. The van der Waals surface area contributed by atoms with Gasteiger partial charge in [-0.3, -0.25) is 0 Å². The topological polar surface area (TPSA) is 16.1 Å². The van der Waals surface area contributed by atoms with Gasteiger partial charge in [0.2, 0.25) is 0 Å². The van der Waals surface area contributed by atoms with Gasteiger partial charge in [0.1, 0.15) is 5.00 Å². The van der Waals surface area contributed by atoms with Gasteiger partial charge in [-0.25, -0.2) is 4.98 Å². The molecule has 0 saturated carbocycles. The summed E-state index contributed by atoms with van der Waals surface area (Å²) in [5.74, 6) is 0.570. The Morgan fingerprint density at radius 1 is 1.54 bits per heavy atom. The molecular formula is C9H13IN2S. The maximum Gasteiger partial charge on any atom is 0.123 e. The number of aromatic nitrogens is 1. The monoisotopic (exact) mass is 308 g/mol. The molecule has 72 valence electrons. The van der Waals surface area contributed by atoms with Crippen LogP contribution in [0.25, 0.3) is 0 Å². The predicted molar refractivity (Wildman–Crippen MR) is 65.9 cm³/mol. The molecule has 2 heterocycles. The average Bonchev–Trinajstić information content (AvgIpc) is 2.49. The van der Waals surface area contributed by atoms with Crippen molar-refractivity contribution in [1.82, 2.24) is 4.98 Å². The highest BCUT2D eigenvalue weighted by atomic mass is 127. The number of aryl methyl sites for hydroxylation is 1. The molecule has 0 fully saturated rings. The van der Waals surface area contributed by atoms with E-state index in [4.69, 9.17) is 0 Å². The van der Waals surface area contributed by atoms with Crippen LogP contribution in [-0.2, 0) is 6.42 Å². The summed E-state index contributed by atoms with van der Waals surface area (Å²) in [6, 6.07) is 0. The molecular weight excluding hydrogens is 295 g/mol. The minimum Gasteiger partial charge on any atom is -0.305 e. The van der Waals surface area contributed by atoms with E-state index in [1.54, 1.807) is 0 Å². The number of anilines is 1. The molecule has 0 aliphatic carbocycles. The third-order valence-corrected chi connectivity index (χ3v) is 4.89. The van der Waals surface area contributed by atoms with Gasteiger partial charge in [0.15, 0.2) is 0 Å². The molecule has 0 N–H and O–H groups in total. The number of thiazole rings is 1. The van der Waals surface area contributed by atoms with E-state index in [1.807, 2.05) is 11.3 Å². The van der Waals surface area contributed by atoms with Crippen LogP contribution < -0.4 is 3.11 Å². The zero-order valence-electron chi connectivity index (χ0n) is 7.88. The summed E-state index contributed by atoms with van der Waals surface area (Å²) in [5, 5.41) is 2.67. The molecule has 0 spiro atoms. The van der Waals surface area contributed by atoms with Crippen molar-refractivity contribution in [2.45, 2.75) is 32.6 Å². The molecule has 4 heteroatoms. The zero-order valence-corrected chi connectivity index (χ0v) is 10.9. The minimum absolute atomic E-state index is 0.570. The Morgan fingerprint density at radius 3 is 2.92 bits per heavy atom. The average molecular weight is 308 g/mol. The molecule has 0 radical (unpaired) electrons. The van der Waals surface area contributed by atoms with Gasteiger partial charge in [0.25, 0.3) is 0 Å². The molecule has 1 aliphatic rings. The predicted octanol–water partition coefficient (Wildman–Crippen LogP) is 3.37. The van der Waals surface area contributed by atoms with Gasteiger partial charge in [0, 0.05) is 12.5 Å². The van der Waals surface area contributed by atoms with Crippen LogP contribution in [0, 0.1) is 0 Å². The van der Waals surface area contributed by atoms with Crippen LogP contribution in [0.2, 0.25) is 0 Å². The van der Waals surface area contributed by atoms with E-state index in [2.05, 4.69) is 44.8 Å². The van der Waals surface area contributed by atoms with Gasteiger partial charge in [-0.2, -0.15) is 0 Å². The second kappa shape index (κ2) is 3.73. The van der Waals surface area contributed by atoms with Crippen molar-refractivity contribution >= 4 is 39.2 Å². The lowest BCUT2D eigenvalue weighted by Crippen LogP contribution is -2.17. The van der Waals surface area contributed by atoms with E-state index in [1.165, 1.54) is 28.7 Å². The Bertz CT molecular complexity index is 309. The van der Waals surface area contributed by atoms with E-state index in [-0.39, 0.29) is 0 Å². The van der Waals surface area contributed by atoms with Crippen LogP contribution in [0.4, 0.5) is 5.00 Å². The second-order valence-corrected chi connectivity index (χ2v) is 5.82. The number of fused-ring (bicyclic) bond motifs is 1. The molecule has 13 heavy (non-hydrogen) atoms. The largest absolute Gasteiger partial charge is 0.305 e. The number of halogens is 1. The summed E-state index contributed by atoms with van der Waals surface area (Å²) >= 11 is 4.25. The van der Waals surface area contributed by atoms with Crippen molar-refractivity contribution < 1.29 is 0 Å². The van der Waals surface area contributed by atoms with Crippen molar-refractivity contribution in [3.63, 3.8) is 0 Å². The first kappa shape index (κ1) is 9.71. The standard InChI is InChI=1S/C9H13IN2S/c1-6(2)8-11-7-4-3-5-12(10)9(7)13-8/h6H,3-5H2,1-2H3. The summed E-state index contributed by atoms with van der Waals surface area (Å²) < 4.78 is 2.31. The second-order valence-electron chi connectivity index (χ2n) is 3.65. The van der Waals surface area contributed by atoms with Crippen molar-refractivity contribution in [3.8, 4) is 0 Å². The maximum atomic E-state index is 4.67. The van der Waals surface area contributed by atoms with Crippen molar-refractivity contribution in [3.05, 3.63) is 10.7 Å². The fourth-order valence-corrected chi connectivity index (χ4v) is 3.41. The highest BCUT2D eigenvalue weighted by Crippen LogP contribution is 2.37. The Morgan fingerprint density at radius 2 is 2.31 bits per heavy atom. The van der Waals surface area contributed by atoms with Crippen molar-refractivity contribution in [2.75, 3.05) is 9.66 Å². The van der Waals surface area contributed by atoms with E-state index in [9.17, 15) is 0 Å². The van der Waals surface area contributed by atoms with Gasteiger partial charge < -0.3 is 3.11 Å². The Hall–Kier alpha value is 0.160. The number of nitrogens with zero attached hydrogens (tertiary/aromatic N) is 2. The molecule has 0 unspecified atom stereocenters. The van der Waals surface area contributed by atoms with E-state index >= 15 is 0 Å². The number of hydrogen-bond donors (Lipinski definition) is 0. The van der Waals surface area contributed by atoms with Crippen LogP contribution >= 0.6 is 34.2 Å². The molecule has 0 saturated heterocycles. The highest BCUT2D eigenvalue weighted by Gasteiger charge is 2.20. The van der Waals surface area contributed by atoms with Crippen LogP contribution in [0.5, 0.6) is 0 Å². The summed E-state index contributed by atoms with van der Waals surface area (Å²) in [6.07, 6.45) is 2.41. The summed E-state index contributed by atoms with van der Waals surface area (Å²) in [5.41, 5.74) is 1.31. The first-order chi connectivity index (χ1) is 6.18. The quantitative estimate of drug-likeness (QED) is 0.584. The Kier molecular flexibility index (Phi) is 2.78. The van der Waals surface area contributed by atoms with Crippen molar-refractivity contribution in [1.29, 1.82) is 0 Å². The molecule has 0 aromatic carbocycles. The van der Waals surface area contributed by atoms with Crippen LogP contribution in [0.1, 0.15) is 36.9 Å². The maximum absolute atomic E-state index is 4.67. The molecule has 1 aliphatic heterocycles. The van der Waals surface area contributed by atoms with Crippen LogP contribution in [-0.4, -0.2) is 11.5 Å². The highest BCUT2D eigenvalue weighted by molar-refractivity contribution is 14.1. The minimum atomic E-state index is 0.570. The van der Waals surface area contributed by atoms with Gasteiger partial charge in [-0.15, -0.1) is 11.3 Å². The van der Waals surface area contributed by atoms with Crippen LogP contribution in [0.3, 0.4) is 0 Å². The molecule has 1 aromatic heterocycles. The lowest BCUT2D eigenvalue weighted by molar-refractivity contribution is 0.774. The fraction of sp³-hybridized carbons (Fsp3) is 0.667. The SMILES string of the molecule is CC(C)c1nc2c(s1)N(I)CCC2. The van der Waals surface area contributed by atoms with Crippen molar-refractivity contribution in [2.24, 2.45) is 0 Å². The zero-order chi connectivity index (χ0) is 9.42. The number of hydrogen-bond acceptors (Lipinski definition) is 3. The third kappa shape index (κ3) is 1.83. The van der Waals surface area contributed by atoms with Gasteiger partial charge in [0.05, 0.1) is 33.6 Å². The fourth-order valence-electron chi connectivity index (χ4n) is 1.45. The molecule has 0 bridgehead atoms. The van der Waals surface area contributed by atoms with Gasteiger partial charge in [-0.05, 0) is 12.8 Å².